The number of nitrogens with one attached hydrogen (secondary N) is 1. The van der Waals surface area contributed by atoms with E-state index in [4.69, 9.17) is 0 Å². The summed E-state index contributed by atoms with van der Waals surface area (Å²) in [6, 6.07) is 3.35. The normalized spacial score (nSPS) is 19.1. The molecule has 0 saturated heterocycles. The van der Waals surface area contributed by atoms with Crippen molar-refractivity contribution >= 4 is 17.6 Å². The van der Waals surface area contributed by atoms with E-state index in [1.54, 1.807) is 6.92 Å². The summed E-state index contributed by atoms with van der Waals surface area (Å²) in [4.78, 5) is 23.7. The second kappa shape index (κ2) is 4.58. The Bertz CT molecular complexity index is 615. The van der Waals surface area contributed by atoms with Gasteiger partial charge in [0.2, 0.25) is 5.91 Å². The molecule has 1 fully saturated rings. The molecule has 4 heteroatoms. The van der Waals surface area contributed by atoms with Crippen molar-refractivity contribution in [3.8, 4) is 0 Å². The van der Waals surface area contributed by atoms with Crippen LogP contribution in [0.3, 0.4) is 0 Å². The maximum atomic E-state index is 12.4. The largest absolute Gasteiger partial charge is 0.478 e. The van der Waals surface area contributed by atoms with Crippen LogP contribution in [0.15, 0.2) is 12.1 Å². The molecule has 21 heavy (non-hydrogen) atoms. The number of amides is 1. The van der Waals surface area contributed by atoms with Crippen LogP contribution in [0.4, 0.5) is 5.69 Å². The summed E-state index contributed by atoms with van der Waals surface area (Å²) >= 11 is 0. The van der Waals surface area contributed by atoms with Crippen LogP contribution in [-0.4, -0.2) is 17.0 Å². The third-order valence-electron chi connectivity index (χ3n) is 5.45. The molecule has 0 unspecified atom stereocenters. The number of carboxylic acids is 1. The molecule has 114 valence electrons. The predicted molar refractivity (Wildman–Crippen MR) is 82.6 cm³/mol. The van der Waals surface area contributed by atoms with E-state index in [1.807, 2.05) is 13.0 Å². The Hall–Kier alpha value is -1.84. The number of carboxylic acid groups (broad SMARTS) is 1. The van der Waals surface area contributed by atoms with Crippen molar-refractivity contribution in [3.05, 3.63) is 28.8 Å². The molecule has 0 aromatic heterocycles. The summed E-state index contributed by atoms with van der Waals surface area (Å²) in [5.74, 6) is -1.07. The van der Waals surface area contributed by atoms with E-state index in [0.717, 1.165) is 11.1 Å². The molecule has 0 radical (unpaired) electrons. The monoisotopic (exact) mass is 289 g/mol. The first-order chi connectivity index (χ1) is 9.50. The summed E-state index contributed by atoms with van der Waals surface area (Å²) in [5.41, 5.74) is 2.31. The first-order valence-electron chi connectivity index (χ1n) is 7.15. The fourth-order valence-electron chi connectivity index (χ4n) is 3.22. The lowest BCUT2D eigenvalue weighted by Crippen LogP contribution is -2.18. The van der Waals surface area contributed by atoms with Gasteiger partial charge in [-0.25, -0.2) is 4.79 Å². The molecular formula is C17H23NO3. The maximum Gasteiger partial charge on any atom is 0.336 e. The Morgan fingerprint density at radius 3 is 2.05 bits per heavy atom. The highest BCUT2D eigenvalue weighted by Gasteiger charge is 2.68. The number of hydrogen-bond acceptors (Lipinski definition) is 2. The van der Waals surface area contributed by atoms with Crippen molar-refractivity contribution in [3.63, 3.8) is 0 Å². The van der Waals surface area contributed by atoms with Gasteiger partial charge in [-0.2, -0.15) is 0 Å². The van der Waals surface area contributed by atoms with Gasteiger partial charge in [0, 0.05) is 11.6 Å². The third kappa shape index (κ3) is 2.33. The number of carbonyl (C=O) groups is 2. The minimum Gasteiger partial charge on any atom is -0.478 e. The Kier molecular flexibility index (Phi) is 3.39. The summed E-state index contributed by atoms with van der Waals surface area (Å²) in [6.07, 6.45) is 0. The Morgan fingerprint density at radius 2 is 1.62 bits per heavy atom. The fourth-order valence-corrected chi connectivity index (χ4v) is 3.22. The first kappa shape index (κ1) is 15.5. The van der Waals surface area contributed by atoms with E-state index in [0.29, 0.717) is 5.69 Å². The van der Waals surface area contributed by atoms with Gasteiger partial charge >= 0.3 is 5.97 Å². The minimum atomic E-state index is -0.973. The fraction of sp³-hybridized carbons (Fsp3) is 0.529. The molecule has 2 rings (SSSR count). The van der Waals surface area contributed by atoms with Crippen LogP contribution in [0.25, 0.3) is 0 Å². The van der Waals surface area contributed by atoms with E-state index in [-0.39, 0.29) is 28.2 Å². The van der Waals surface area contributed by atoms with Crippen molar-refractivity contribution in [2.45, 2.75) is 41.5 Å². The number of carbonyl (C=O) groups excluding carboxylic acids is 1. The highest BCUT2D eigenvalue weighted by Crippen LogP contribution is 2.68. The number of hydrogen-bond donors (Lipinski definition) is 2. The maximum absolute atomic E-state index is 12.4. The molecule has 1 aromatic rings. The van der Waals surface area contributed by atoms with Crippen LogP contribution in [0.2, 0.25) is 0 Å². The van der Waals surface area contributed by atoms with Crippen LogP contribution in [-0.2, 0) is 4.79 Å². The number of anilines is 1. The molecule has 4 nitrogen and oxygen atoms in total. The van der Waals surface area contributed by atoms with Crippen LogP contribution < -0.4 is 5.32 Å². The molecule has 0 atom stereocenters. The van der Waals surface area contributed by atoms with Gasteiger partial charge in [-0.05, 0) is 47.9 Å². The Balaban J connectivity index is 2.26. The standard InChI is InChI=1S/C17H23NO3/c1-9-7-11(8-12(10(9)2)15(20)21)18-14(19)13-16(3,4)17(13,5)6/h7-8,13H,1-6H3,(H,18,19)(H,20,21). The van der Waals surface area contributed by atoms with E-state index < -0.39 is 5.97 Å². The molecule has 0 bridgehead atoms. The SMILES string of the molecule is Cc1cc(NC(=O)C2C(C)(C)C2(C)C)cc(C(=O)O)c1C. The average Bonchev–Trinajstić information content (AvgIpc) is 2.73. The Morgan fingerprint density at radius 1 is 1.10 bits per heavy atom. The molecule has 0 aliphatic heterocycles. The van der Waals surface area contributed by atoms with Gasteiger partial charge in [0.05, 0.1) is 5.56 Å². The zero-order valence-electron chi connectivity index (χ0n) is 13.5. The summed E-state index contributed by atoms with van der Waals surface area (Å²) in [7, 11) is 0. The lowest BCUT2D eigenvalue weighted by atomic mass is 10.0. The van der Waals surface area contributed by atoms with Crippen LogP contribution in [0, 0.1) is 30.6 Å². The van der Waals surface area contributed by atoms with Crippen molar-refractivity contribution in [1.29, 1.82) is 0 Å². The number of aromatic carboxylic acids is 1. The zero-order chi connectivity index (χ0) is 16.2. The molecule has 1 aromatic carbocycles. The van der Waals surface area contributed by atoms with Gasteiger partial charge in [0.1, 0.15) is 0 Å². The molecule has 1 aliphatic rings. The molecule has 2 N–H and O–H groups in total. The molecule has 1 amide bonds. The topological polar surface area (TPSA) is 66.4 Å². The average molecular weight is 289 g/mol. The van der Waals surface area contributed by atoms with E-state index in [1.165, 1.54) is 6.07 Å². The summed E-state index contributed by atoms with van der Waals surface area (Å²) < 4.78 is 0. The van der Waals surface area contributed by atoms with E-state index >= 15 is 0 Å². The van der Waals surface area contributed by atoms with Crippen LogP contribution in [0.5, 0.6) is 0 Å². The van der Waals surface area contributed by atoms with Crippen molar-refractivity contribution in [1.82, 2.24) is 0 Å². The third-order valence-corrected chi connectivity index (χ3v) is 5.45. The number of benzene rings is 1. The zero-order valence-corrected chi connectivity index (χ0v) is 13.5. The number of rotatable bonds is 3. The van der Waals surface area contributed by atoms with Gasteiger partial charge in [-0.15, -0.1) is 0 Å². The number of aryl methyl sites for hydroxylation is 1. The highest BCUT2D eigenvalue weighted by molar-refractivity contribution is 5.98. The van der Waals surface area contributed by atoms with E-state index in [2.05, 4.69) is 33.0 Å². The molecule has 1 aliphatic carbocycles. The van der Waals surface area contributed by atoms with Gasteiger partial charge in [0.25, 0.3) is 0 Å². The lowest BCUT2D eigenvalue weighted by molar-refractivity contribution is -0.118. The highest BCUT2D eigenvalue weighted by atomic mass is 16.4. The smallest absolute Gasteiger partial charge is 0.336 e. The molecule has 1 saturated carbocycles. The van der Waals surface area contributed by atoms with Crippen molar-refractivity contribution in [2.75, 3.05) is 5.32 Å². The Labute approximate surface area is 125 Å². The molecule has 0 heterocycles. The van der Waals surface area contributed by atoms with E-state index in [9.17, 15) is 14.7 Å². The van der Waals surface area contributed by atoms with Crippen LogP contribution >= 0.6 is 0 Å². The first-order valence-corrected chi connectivity index (χ1v) is 7.15. The predicted octanol–water partition coefficient (Wildman–Crippen LogP) is 3.62. The molecule has 0 spiro atoms. The quantitative estimate of drug-likeness (QED) is 0.893. The molecular weight excluding hydrogens is 266 g/mol. The summed E-state index contributed by atoms with van der Waals surface area (Å²) in [5, 5.41) is 12.1. The van der Waals surface area contributed by atoms with Gasteiger partial charge in [-0.1, -0.05) is 27.7 Å². The van der Waals surface area contributed by atoms with Gasteiger partial charge in [0.15, 0.2) is 0 Å². The van der Waals surface area contributed by atoms with Crippen LogP contribution in [0.1, 0.15) is 49.2 Å². The van der Waals surface area contributed by atoms with Gasteiger partial charge in [-0.3, -0.25) is 4.79 Å². The minimum absolute atomic E-state index is 0.0353. The van der Waals surface area contributed by atoms with Gasteiger partial charge < -0.3 is 10.4 Å². The van der Waals surface area contributed by atoms with Crippen molar-refractivity contribution < 1.29 is 14.7 Å². The summed E-state index contributed by atoms with van der Waals surface area (Å²) in [6.45, 7) is 12.0. The lowest BCUT2D eigenvalue weighted by Gasteiger charge is -2.11. The van der Waals surface area contributed by atoms with Crippen molar-refractivity contribution in [2.24, 2.45) is 16.7 Å². The second-order valence-electron chi connectivity index (χ2n) is 7.14. The second-order valence-corrected chi connectivity index (χ2v) is 7.14.